The number of nitrogens with two attached hydrogens (primary N) is 1. The Hall–Kier alpha value is -1.42. The van der Waals surface area contributed by atoms with Gasteiger partial charge in [-0.05, 0) is 31.9 Å². The smallest absolute Gasteiger partial charge is 0.199 e. The van der Waals surface area contributed by atoms with E-state index in [4.69, 9.17) is 10.2 Å². The van der Waals surface area contributed by atoms with Gasteiger partial charge in [-0.3, -0.25) is 0 Å². The SMILES string of the molecule is CC(N)CCCC(C)c1nc2ncccc2o1. The Balaban J connectivity index is 2.01. The maximum atomic E-state index is 5.73. The minimum atomic E-state index is 0.271. The van der Waals surface area contributed by atoms with Gasteiger partial charge in [-0.15, -0.1) is 0 Å². The number of hydrogen-bond donors (Lipinski definition) is 1. The maximum absolute atomic E-state index is 5.73. The zero-order valence-electron chi connectivity index (χ0n) is 10.4. The van der Waals surface area contributed by atoms with E-state index in [9.17, 15) is 0 Å². The third kappa shape index (κ3) is 3.03. The minimum Gasteiger partial charge on any atom is -0.439 e. The molecule has 0 aliphatic carbocycles. The van der Waals surface area contributed by atoms with Crippen LogP contribution in [-0.2, 0) is 0 Å². The number of hydrogen-bond acceptors (Lipinski definition) is 4. The average molecular weight is 233 g/mol. The van der Waals surface area contributed by atoms with Crippen LogP contribution in [0.5, 0.6) is 0 Å². The predicted molar refractivity (Wildman–Crippen MR) is 67.7 cm³/mol. The highest BCUT2D eigenvalue weighted by Crippen LogP contribution is 2.24. The Morgan fingerprint density at radius 2 is 2.18 bits per heavy atom. The van der Waals surface area contributed by atoms with Crippen molar-refractivity contribution in [3.63, 3.8) is 0 Å². The van der Waals surface area contributed by atoms with E-state index in [-0.39, 0.29) is 6.04 Å². The highest BCUT2D eigenvalue weighted by molar-refractivity contribution is 5.66. The fraction of sp³-hybridized carbons (Fsp3) is 0.538. The largest absolute Gasteiger partial charge is 0.439 e. The second-order valence-corrected chi connectivity index (χ2v) is 4.69. The summed E-state index contributed by atoms with van der Waals surface area (Å²) in [6, 6.07) is 4.03. The van der Waals surface area contributed by atoms with Gasteiger partial charge >= 0.3 is 0 Å². The molecule has 0 fully saturated rings. The maximum Gasteiger partial charge on any atom is 0.199 e. The van der Waals surface area contributed by atoms with Crippen molar-refractivity contribution in [1.29, 1.82) is 0 Å². The van der Waals surface area contributed by atoms with Crippen molar-refractivity contribution in [2.45, 2.75) is 45.1 Å². The lowest BCUT2D eigenvalue weighted by Gasteiger charge is -2.08. The summed E-state index contributed by atoms with van der Waals surface area (Å²) in [6.07, 6.45) is 4.93. The Morgan fingerprint density at radius 1 is 1.35 bits per heavy atom. The van der Waals surface area contributed by atoms with Crippen molar-refractivity contribution in [3.8, 4) is 0 Å². The second-order valence-electron chi connectivity index (χ2n) is 4.69. The first-order valence-corrected chi connectivity index (χ1v) is 6.14. The summed E-state index contributed by atoms with van der Waals surface area (Å²) in [7, 11) is 0. The van der Waals surface area contributed by atoms with Crippen LogP contribution in [-0.4, -0.2) is 16.0 Å². The molecular formula is C13H19N3O. The van der Waals surface area contributed by atoms with Gasteiger partial charge in [-0.25, -0.2) is 4.98 Å². The molecule has 92 valence electrons. The zero-order chi connectivity index (χ0) is 12.3. The Bertz CT molecular complexity index is 445. The van der Waals surface area contributed by atoms with E-state index in [0.717, 1.165) is 30.7 Å². The molecule has 0 aliphatic heterocycles. The number of oxazole rings is 1. The zero-order valence-corrected chi connectivity index (χ0v) is 10.4. The standard InChI is InChI=1S/C13H19N3O/c1-9(5-3-6-10(2)14)13-16-12-11(17-13)7-4-8-15-12/h4,7-10H,3,5-6,14H2,1-2H3. The first-order chi connectivity index (χ1) is 8.16. The van der Waals surface area contributed by atoms with Crippen LogP contribution >= 0.6 is 0 Å². The van der Waals surface area contributed by atoms with Crippen molar-refractivity contribution in [2.24, 2.45) is 5.73 Å². The monoisotopic (exact) mass is 233 g/mol. The van der Waals surface area contributed by atoms with Crippen LogP contribution in [0.3, 0.4) is 0 Å². The van der Waals surface area contributed by atoms with Gasteiger partial charge in [0.1, 0.15) is 0 Å². The molecule has 2 unspecified atom stereocenters. The lowest BCUT2D eigenvalue weighted by atomic mass is 10.0. The van der Waals surface area contributed by atoms with E-state index in [2.05, 4.69) is 16.9 Å². The Labute approximate surface area is 101 Å². The van der Waals surface area contributed by atoms with Gasteiger partial charge in [0, 0.05) is 18.2 Å². The molecule has 17 heavy (non-hydrogen) atoms. The van der Waals surface area contributed by atoms with Gasteiger partial charge in [-0.2, -0.15) is 4.98 Å². The highest BCUT2D eigenvalue weighted by atomic mass is 16.3. The molecule has 0 aromatic carbocycles. The molecule has 0 spiro atoms. The fourth-order valence-corrected chi connectivity index (χ4v) is 1.87. The molecule has 2 rings (SSSR count). The molecule has 2 N–H and O–H groups in total. The summed E-state index contributed by atoms with van der Waals surface area (Å²) in [4.78, 5) is 8.57. The first-order valence-electron chi connectivity index (χ1n) is 6.14. The molecule has 0 radical (unpaired) electrons. The van der Waals surface area contributed by atoms with Crippen LogP contribution in [0.25, 0.3) is 11.2 Å². The molecule has 4 nitrogen and oxygen atoms in total. The lowest BCUT2D eigenvalue weighted by molar-refractivity contribution is 0.452. The summed E-state index contributed by atoms with van der Waals surface area (Å²) in [5, 5.41) is 0. The predicted octanol–water partition coefficient (Wildman–Crippen LogP) is 2.84. The van der Waals surface area contributed by atoms with E-state index in [1.54, 1.807) is 6.20 Å². The van der Waals surface area contributed by atoms with Gasteiger partial charge in [0.25, 0.3) is 0 Å². The van der Waals surface area contributed by atoms with Crippen molar-refractivity contribution >= 4 is 11.2 Å². The van der Waals surface area contributed by atoms with Gasteiger partial charge in [-0.1, -0.05) is 13.3 Å². The quantitative estimate of drug-likeness (QED) is 0.862. The number of aromatic nitrogens is 2. The summed E-state index contributed by atoms with van der Waals surface area (Å²) in [5.41, 5.74) is 7.19. The molecule has 2 heterocycles. The third-order valence-corrected chi connectivity index (χ3v) is 2.90. The van der Waals surface area contributed by atoms with Crippen molar-refractivity contribution in [1.82, 2.24) is 9.97 Å². The van der Waals surface area contributed by atoms with E-state index < -0.39 is 0 Å². The number of pyridine rings is 1. The number of rotatable bonds is 5. The van der Waals surface area contributed by atoms with E-state index in [1.807, 2.05) is 19.1 Å². The topological polar surface area (TPSA) is 64.9 Å². The summed E-state index contributed by atoms with van der Waals surface area (Å²) in [6.45, 7) is 4.17. The van der Waals surface area contributed by atoms with Gasteiger partial charge in [0.05, 0.1) is 0 Å². The Kier molecular flexibility index (Phi) is 3.74. The minimum absolute atomic E-state index is 0.271. The number of fused-ring (bicyclic) bond motifs is 1. The molecule has 0 saturated carbocycles. The third-order valence-electron chi connectivity index (χ3n) is 2.90. The van der Waals surface area contributed by atoms with Crippen molar-refractivity contribution < 1.29 is 4.42 Å². The molecule has 0 aliphatic rings. The molecule has 0 saturated heterocycles. The molecule has 0 amide bonds. The molecule has 2 aromatic rings. The molecule has 2 aromatic heterocycles. The summed E-state index contributed by atoms with van der Waals surface area (Å²) >= 11 is 0. The average Bonchev–Trinajstić information content (AvgIpc) is 2.71. The first kappa shape index (κ1) is 12.0. The van der Waals surface area contributed by atoms with Gasteiger partial charge in [0.15, 0.2) is 17.1 Å². The van der Waals surface area contributed by atoms with Crippen LogP contribution in [0, 0.1) is 0 Å². The fourth-order valence-electron chi connectivity index (χ4n) is 1.87. The van der Waals surface area contributed by atoms with Gasteiger partial charge < -0.3 is 10.2 Å². The van der Waals surface area contributed by atoms with E-state index >= 15 is 0 Å². The van der Waals surface area contributed by atoms with E-state index in [1.165, 1.54) is 0 Å². The molecule has 2 atom stereocenters. The summed E-state index contributed by atoms with van der Waals surface area (Å²) in [5.74, 6) is 1.10. The van der Waals surface area contributed by atoms with Crippen LogP contribution in [0.2, 0.25) is 0 Å². The van der Waals surface area contributed by atoms with Crippen LogP contribution < -0.4 is 5.73 Å². The normalized spacial score (nSPS) is 15.0. The van der Waals surface area contributed by atoms with Crippen LogP contribution in [0.4, 0.5) is 0 Å². The lowest BCUT2D eigenvalue weighted by Crippen LogP contribution is -2.14. The second kappa shape index (κ2) is 5.27. The number of nitrogens with zero attached hydrogens (tertiary/aromatic N) is 2. The molecule has 4 heteroatoms. The van der Waals surface area contributed by atoms with Crippen LogP contribution in [0.15, 0.2) is 22.7 Å². The van der Waals surface area contributed by atoms with Gasteiger partial charge in [0.2, 0.25) is 0 Å². The van der Waals surface area contributed by atoms with E-state index in [0.29, 0.717) is 11.6 Å². The highest BCUT2D eigenvalue weighted by Gasteiger charge is 2.13. The molecule has 0 bridgehead atoms. The van der Waals surface area contributed by atoms with Crippen molar-refractivity contribution in [3.05, 3.63) is 24.2 Å². The summed E-state index contributed by atoms with van der Waals surface area (Å²) < 4.78 is 5.68. The molecular weight excluding hydrogens is 214 g/mol. The van der Waals surface area contributed by atoms with Crippen molar-refractivity contribution in [2.75, 3.05) is 0 Å². The van der Waals surface area contributed by atoms with Crippen LogP contribution in [0.1, 0.15) is 44.9 Å². The Morgan fingerprint density at radius 3 is 2.88 bits per heavy atom.